The molecule has 2 atom stereocenters. The van der Waals surface area contributed by atoms with Crippen molar-refractivity contribution in [2.45, 2.75) is 44.3 Å². The van der Waals surface area contributed by atoms with E-state index in [1.54, 1.807) is 7.11 Å². The van der Waals surface area contributed by atoms with Crippen LogP contribution < -0.4 is 0 Å². The summed E-state index contributed by atoms with van der Waals surface area (Å²) in [6, 6.07) is 0. The third-order valence-corrected chi connectivity index (χ3v) is 2.80. The minimum absolute atomic E-state index is 0.0110. The van der Waals surface area contributed by atoms with Crippen molar-refractivity contribution in [2.24, 2.45) is 0 Å². The third kappa shape index (κ3) is 2.35. The lowest BCUT2D eigenvalue weighted by Gasteiger charge is -2.24. The van der Waals surface area contributed by atoms with Gasteiger partial charge in [0.25, 0.3) is 0 Å². The van der Waals surface area contributed by atoms with Crippen LogP contribution in [0.1, 0.15) is 43.3 Å². The van der Waals surface area contributed by atoms with Crippen LogP contribution in [0.15, 0.2) is 4.52 Å². The Balaban J connectivity index is 2.06. The van der Waals surface area contributed by atoms with Gasteiger partial charge in [0, 0.05) is 7.11 Å². The van der Waals surface area contributed by atoms with Crippen molar-refractivity contribution in [3.05, 3.63) is 11.7 Å². The van der Waals surface area contributed by atoms with Gasteiger partial charge in [-0.25, -0.2) is 0 Å². The molecule has 5 heteroatoms. The highest BCUT2D eigenvalue weighted by Crippen LogP contribution is 2.31. The zero-order chi connectivity index (χ0) is 10.7. The monoisotopic (exact) mass is 212 g/mol. The molecule has 0 bridgehead atoms. The molecule has 0 spiro atoms. The molecule has 0 amide bonds. The van der Waals surface area contributed by atoms with Crippen molar-refractivity contribution in [3.8, 4) is 0 Å². The van der Waals surface area contributed by atoms with Gasteiger partial charge in [-0.2, -0.15) is 4.98 Å². The molecule has 5 nitrogen and oxygen atoms in total. The first kappa shape index (κ1) is 10.6. The summed E-state index contributed by atoms with van der Waals surface area (Å²) in [5, 5.41) is 13.6. The molecular weight excluding hydrogens is 196 g/mol. The average Bonchev–Trinajstić information content (AvgIpc) is 2.68. The van der Waals surface area contributed by atoms with Gasteiger partial charge in [-0.3, -0.25) is 0 Å². The predicted molar refractivity (Wildman–Crippen MR) is 52.2 cm³/mol. The minimum Gasteiger partial charge on any atom is -0.392 e. The Morgan fingerprint density at radius 2 is 2.27 bits per heavy atom. The molecule has 1 aromatic heterocycles. The van der Waals surface area contributed by atoms with Crippen molar-refractivity contribution in [1.82, 2.24) is 10.1 Å². The zero-order valence-corrected chi connectivity index (χ0v) is 8.85. The number of aliphatic hydroxyl groups is 1. The fraction of sp³-hybridized carbons (Fsp3) is 0.800. The van der Waals surface area contributed by atoms with E-state index in [-0.39, 0.29) is 12.0 Å². The summed E-state index contributed by atoms with van der Waals surface area (Å²) in [5.74, 6) is 1.11. The van der Waals surface area contributed by atoms with Crippen molar-refractivity contribution in [2.75, 3.05) is 7.11 Å². The van der Waals surface area contributed by atoms with Crippen LogP contribution in [0.4, 0.5) is 0 Å². The topological polar surface area (TPSA) is 68.4 Å². The smallest absolute Gasteiger partial charge is 0.232 e. The van der Waals surface area contributed by atoms with Gasteiger partial charge < -0.3 is 14.4 Å². The van der Waals surface area contributed by atoms with E-state index in [1.165, 1.54) is 0 Å². The summed E-state index contributed by atoms with van der Waals surface area (Å²) in [5.41, 5.74) is 0. The highest BCUT2D eigenvalue weighted by atomic mass is 16.5. The second-order valence-corrected chi connectivity index (χ2v) is 3.94. The third-order valence-electron chi connectivity index (χ3n) is 2.80. The van der Waals surface area contributed by atoms with E-state index in [1.807, 2.05) is 0 Å². The van der Waals surface area contributed by atoms with E-state index in [0.29, 0.717) is 18.3 Å². The average molecular weight is 212 g/mol. The summed E-state index contributed by atoms with van der Waals surface area (Å²) in [7, 11) is 1.59. The number of rotatable bonds is 3. The molecule has 84 valence electrons. The summed E-state index contributed by atoms with van der Waals surface area (Å²) in [6.45, 7) is 0.353. The van der Waals surface area contributed by atoms with E-state index < -0.39 is 0 Å². The Morgan fingerprint density at radius 1 is 1.47 bits per heavy atom. The van der Waals surface area contributed by atoms with Crippen LogP contribution >= 0.6 is 0 Å². The molecule has 0 aliphatic heterocycles. The highest BCUT2D eigenvalue weighted by Gasteiger charge is 2.29. The van der Waals surface area contributed by atoms with Crippen LogP contribution in [0.2, 0.25) is 0 Å². The van der Waals surface area contributed by atoms with E-state index in [4.69, 9.17) is 9.26 Å². The van der Waals surface area contributed by atoms with Gasteiger partial charge in [0.15, 0.2) is 5.82 Å². The molecule has 0 radical (unpaired) electrons. The summed E-state index contributed by atoms with van der Waals surface area (Å²) in [4.78, 5) is 4.21. The van der Waals surface area contributed by atoms with E-state index in [2.05, 4.69) is 10.1 Å². The van der Waals surface area contributed by atoms with Gasteiger partial charge in [-0.05, 0) is 12.8 Å². The number of ether oxygens (including phenoxy) is 1. The Kier molecular flexibility index (Phi) is 3.33. The lowest BCUT2D eigenvalue weighted by atomic mass is 9.86. The van der Waals surface area contributed by atoms with Gasteiger partial charge in [0.1, 0.15) is 6.61 Å². The molecule has 0 aromatic carbocycles. The molecule has 1 aliphatic rings. The molecular formula is C10H16N2O3. The lowest BCUT2D eigenvalue weighted by Crippen LogP contribution is -2.22. The maximum Gasteiger partial charge on any atom is 0.232 e. The molecule has 15 heavy (non-hydrogen) atoms. The molecule has 2 rings (SSSR count). The second-order valence-electron chi connectivity index (χ2n) is 3.94. The molecule has 0 saturated heterocycles. The normalized spacial score (nSPS) is 26.8. The highest BCUT2D eigenvalue weighted by molar-refractivity contribution is 4.98. The predicted octanol–water partition coefficient (Wildman–Crippen LogP) is 1.23. The molecule has 2 unspecified atom stereocenters. The maximum absolute atomic E-state index is 9.80. The quantitative estimate of drug-likeness (QED) is 0.816. The number of aliphatic hydroxyl groups excluding tert-OH is 1. The fourth-order valence-corrected chi connectivity index (χ4v) is 2.01. The minimum atomic E-state index is -0.338. The molecule has 1 saturated carbocycles. The van der Waals surface area contributed by atoms with Crippen LogP contribution in [0, 0.1) is 0 Å². The molecule has 1 heterocycles. The zero-order valence-electron chi connectivity index (χ0n) is 8.85. The van der Waals surface area contributed by atoms with E-state index >= 15 is 0 Å². The van der Waals surface area contributed by atoms with Gasteiger partial charge >= 0.3 is 0 Å². The Labute approximate surface area is 88.4 Å². The lowest BCUT2D eigenvalue weighted by molar-refractivity contribution is 0.0908. The van der Waals surface area contributed by atoms with Crippen LogP contribution in [-0.4, -0.2) is 28.5 Å². The van der Waals surface area contributed by atoms with Crippen LogP contribution in [0.3, 0.4) is 0 Å². The first-order valence-electron chi connectivity index (χ1n) is 5.30. The molecule has 1 N–H and O–H groups in total. The van der Waals surface area contributed by atoms with Crippen molar-refractivity contribution in [3.63, 3.8) is 0 Å². The largest absolute Gasteiger partial charge is 0.392 e. The van der Waals surface area contributed by atoms with E-state index in [0.717, 1.165) is 25.7 Å². The van der Waals surface area contributed by atoms with Crippen LogP contribution in [-0.2, 0) is 11.3 Å². The summed E-state index contributed by atoms with van der Waals surface area (Å²) in [6.07, 6.45) is 3.61. The number of aromatic nitrogens is 2. The number of nitrogens with zero attached hydrogens (tertiary/aromatic N) is 2. The van der Waals surface area contributed by atoms with E-state index in [9.17, 15) is 5.11 Å². The van der Waals surface area contributed by atoms with Crippen molar-refractivity contribution < 1.29 is 14.4 Å². The van der Waals surface area contributed by atoms with Crippen LogP contribution in [0.5, 0.6) is 0 Å². The number of hydrogen-bond donors (Lipinski definition) is 1. The standard InChI is InChI=1S/C10H16N2O3/c1-14-6-9-11-10(15-12-9)7-4-2-3-5-8(7)13/h7-8,13H,2-6H2,1H3. The number of hydrogen-bond acceptors (Lipinski definition) is 5. The van der Waals surface area contributed by atoms with Gasteiger partial charge in [0.2, 0.25) is 5.89 Å². The molecule has 1 aromatic rings. The van der Waals surface area contributed by atoms with Gasteiger partial charge in [-0.15, -0.1) is 0 Å². The number of methoxy groups -OCH3 is 1. The molecule has 1 aliphatic carbocycles. The molecule has 1 fully saturated rings. The van der Waals surface area contributed by atoms with Crippen molar-refractivity contribution >= 4 is 0 Å². The van der Waals surface area contributed by atoms with Crippen molar-refractivity contribution in [1.29, 1.82) is 0 Å². The Bertz CT molecular complexity index is 313. The Hall–Kier alpha value is -0.940. The first-order chi connectivity index (χ1) is 7.31. The second kappa shape index (κ2) is 4.72. The Morgan fingerprint density at radius 3 is 3.00 bits per heavy atom. The van der Waals surface area contributed by atoms with Gasteiger partial charge in [-0.1, -0.05) is 18.0 Å². The maximum atomic E-state index is 9.80. The van der Waals surface area contributed by atoms with Crippen LogP contribution in [0.25, 0.3) is 0 Å². The first-order valence-corrected chi connectivity index (χ1v) is 5.30. The summed E-state index contributed by atoms with van der Waals surface area (Å²) < 4.78 is 10.0. The SMILES string of the molecule is COCc1noc(C2CCCCC2O)n1. The summed E-state index contributed by atoms with van der Waals surface area (Å²) >= 11 is 0. The van der Waals surface area contributed by atoms with Gasteiger partial charge in [0.05, 0.1) is 12.0 Å². The fourth-order valence-electron chi connectivity index (χ4n) is 2.01.